The average Bonchev–Trinajstić information content (AvgIpc) is 2.32. The molecule has 2 rings (SSSR count). The second-order valence-electron chi connectivity index (χ2n) is 5.26. The molecule has 1 aromatic rings. The maximum absolute atomic E-state index is 6.34. The van der Waals surface area contributed by atoms with Crippen LogP contribution in [0.1, 0.15) is 38.3 Å². The largest absolute Gasteiger partial charge is 0.326 e. The maximum atomic E-state index is 6.34. The molecule has 1 aliphatic heterocycles. The predicted molar refractivity (Wildman–Crippen MR) is 80.9 cm³/mol. The van der Waals surface area contributed by atoms with E-state index in [9.17, 15) is 0 Å². The highest BCUT2D eigenvalue weighted by Crippen LogP contribution is 2.34. The number of nitrogens with two attached hydrogens (primary N) is 1. The Hall–Kier alpha value is -0.0900. The van der Waals surface area contributed by atoms with E-state index < -0.39 is 0 Å². The Morgan fingerprint density at radius 3 is 2.78 bits per heavy atom. The number of likely N-dealkylation sites (tertiary alicyclic amines) is 1. The van der Waals surface area contributed by atoms with Crippen molar-refractivity contribution < 1.29 is 0 Å². The highest BCUT2D eigenvalue weighted by atomic mass is 79.9. The molecule has 100 valence electrons. The molecule has 0 amide bonds. The van der Waals surface area contributed by atoms with Crippen molar-refractivity contribution in [2.45, 2.75) is 44.8 Å². The van der Waals surface area contributed by atoms with Crippen LogP contribution in [-0.4, -0.2) is 23.5 Å². The van der Waals surface area contributed by atoms with Crippen LogP contribution in [0.5, 0.6) is 0 Å². The summed E-state index contributed by atoms with van der Waals surface area (Å²) in [5.41, 5.74) is 7.59. The summed E-state index contributed by atoms with van der Waals surface area (Å²) in [7, 11) is 0. The summed E-state index contributed by atoms with van der Waals surface area (Å²) in [6.45, 7) is 5.59. The number of hydrogen-bond donors (Lipinski definition) is 1. The first-order valence-electron chi connectivity index (χ1n) is 6.47. The van der Waals surface area contributed by atoms with E-state index in [1.54, 1.807) is 0 Å². The molecule has 1 saturated heterocycles. The van der Waals surface area contributed by atoms with Crippen LogP contribution in [0.3, 0.4) is 0 Å². The minimum absolute atomic E-state index is 0.203. The van der Waals surface area contributed by atoms with Crippen molar-refractivity contribution in [2.75, 3.05) is 6.54 Å². The molecule has 0 spiro atoms. The maximum Gasteiger partial charge on any atom is 0.0548 e. The zero-order chi connectivity index (χ0) is 13.3. The molecule has 0 aromatic heterocycles. The number of halogens is 2. The lowest BCUT2D eigenvalue weighted by Gasteiger charge is -2.42. The van der Waals surface area contributed by atoms with Gasteiger partial charge in [0.2, 0.25) is 0 Å². The van der Waals surface area contributed by atoms with E-state index in [1.165, 1.54) is 12.0 Å². The molecule has 2 atom stereocenters. The van der Waals surface area contributed by atoms with Crippen LogP contribution in [0.25, 0.3) is 0 Å². The van der Waals surface area contributed by atoms with Crippen molar-refractivity contribution in [3.8, 4) is 0 Å². The molecule has 4 heteroatoms. The molecule has 1 aromatic carbocycles. The van der Waals surface area contributed by atoms with E-state index in [0.717, 1.165) is 22.5 Å². The second kappa shape index (κ2) is 5.91. The highest BCUT2D eigenvalue weighted by Gasteiger charge is 2.31. The first-order valence-corrected chi connectivity index (χ1v) is 7.64. The number of nitrogens with zero attached hydrogens (tertiary/aromatic N) is 1. The van der Waals surface area contributed by atoms with Crippen molar-refractivity contribution in [1.29, 1.82) is 0 Å². The fourth-order valence-electron chi connectivity index (χ4n) is 2.77. The van der Waals surface area contributed by atoms with Gasteiger partial charge in [-0.2, -0.15) is 0 Å². The molecule has 0 aliphatic carbocycles. The summed E-state index contributed by atoms with van der Waals surface area (Å²) < 4.78 is 0.947. The van der Waals surface area contributed by atoms with E-state index in [1.807, 2.05) is 6.07 Å². The number of benzene rings is 1. The first kappa shape index (κ1) is 14.3. The van der Waals surface area contributed by atoms with Crippen LogP contribution in [-0.2, 0) is 0 Å². The van der Waals surface area contributed by atoms with E-state index in [4.69, 9.17) is 17.3 Å². The molecule has 0 saturated carbocycles. The van der Waals surface area contributed by atoms with Gasteiger partial charge in [-0.15, -0.1) is 0 Å². The smallest absolute Gasteiger partial charge is 0.0548 e. The van der Waals surface area contributed by atoms with Crippen molar-refractivity contribution in [2.24, 2.45) is 5.73 Å². The monoisotopic (exact) mass is 330 g/mol. The molecular formula is C14H20BrClN2. The normalized spacial score (nSPS) is 25.7. The third-order valence-electron chi connectivity index (χ3n) is 3.67. The third-order valence-corrected chi connectivity index (χ3v) is 4.88. The summed E-state index contributed by atoms with van der Waals surface area (Å²) in [6.07, 6.45) is 2.28. The van der Waals surface area contributed by atoms with Gasteiger partial charge < -0.3 is 5.73 Å². The standard InChI is InChI=1S/C14H20BrClN2/c1-9(2)18-7-3-4-13(17)14(18)10-5-6-12(16)11(15)8-10/h5-6,8-9,13-14H,3-4,7,17H2,1-2H3. The summed E-state index contributed by atoms with van der Waals surface area (Å²) in [4.78, 5) is 2.49. The van der Waals surface area contributed by atoms with Crippen molar-refractivity contribution in [3.63, 3.8) is 0 Å². The predicted octanol–water partition coefficient (Wildman–Crippen LogP) is 3.98. The van der Waals surface area contributed by atoms with Crippen molar-refractivity contribution >= 4 is 27.5 Å². The van der Waals surface area contributed by atoms with Gasteiger partial charge in [-0.05, 0) is 66.9 Å². The van der Waals surface area contributed by atoms with Gasteiger partial charge in [-0.3, -0.25) is 4.90 Å². The zero-order valence-electron chi connectivity index (χ0n) is 10.9. The Balaban J connectivity index is 2.34. The van der Waals surface area contributed by atoms with Gasteiger partial charge in [0.05, 0.1) is 11.1 Å². The quantitative estimate of drug-likeness (QED) is 0.888. The molecule has 1 fully saturated rings. The lowest BCUT2D eigenvalue weighted by atomic mass is 9.90. The first-order chi connectivity index (χ1) is 8.50. The van der Waals surface area contributed by atoms with Crippen molar-refractivity contribution in [1.82, 2.24) is 4.90 Å². The number of piperidine rings is 1. The molecule has 1 aliphatic rings. The van der Waals surface area contributed by atoms with Gasteiger partial charge in [0.15, 0.2) is 0 Å². The van der Waals surface area contributed by atoms with E-state index in [0.29, 0.717) is 12.1 Å². The van der Waals surface area contributed by atoms with Gasteiger partial charge in [-0.1, -0.05) is 17.7 Å². The lowest BCUT2D eigenvalue weighted by Crippen LogP contribution is -2.48. The SMILES string of the molecule is CC(C)N1CCCC(N)C1c1ccc(Cl)c(Br)c1. The molecule has 2 N–H and O–H groups in total. The molecule has 2 nitrogen and oxygen atoms in total. The minimum Gasteiger partial charge on any atom is -0.326 e. The van der Waals surface area contributed by atoms with Gasteiger partial charge in [-0.25, -0.2) is 0 Å². The molecule has 0 bridgehead atoms. The topological polar surface area (TPSA) is 29.3 Å². The van der Waals surface area contributed by atoms with E-state index in [2.05, 4.69) is 46.8 Å². The Morgan fingerprint density at radius 2 is 2.17 bits per heavy atom. The van der Waals surface area contributed by atoms with Gasteiger partial charge >= 0.3 is 0 Å². The molecule has 0 radical (unpaired) electrons. The van der Waals surface area contributed by atoms with Crippen LogP contribution in [0, 0.1) is 0 Å². The third kappa shape index (κ3) is 2.90. The molecular weight excluding hydrogens is 312 g/mol. The van der Waals surface area contributed by atoms with Crippen LogP contribution < -0.4 is 5.73 Å². The summed E-state index contributed by atoms with van der Waals surface area (Å²) in [5.74, 6) is 0. The van der Waals surface area contributed by atoms with Gasteiger partial charge in [0.25, 0.3) is 0 Å². The van der Waals surface area contributed by atoms with Gasteiger partial charge in [0.1, 0.15) is 0 Å². The van der Waals surface area contributed by atoms with Crippen molar-refractivity contribution in [3.05, 3.63) is 33.3 Å². The summed E-state index contributed by atoms with van der Waals surface area (Å²) >= 11 is 9.56. The average molecular weight is 332 g/mol. The Bertz CT molecular complexity index is 422. The Labute approximate surface area is 123 Å². The van der Waals surface area contributed by atoms with Crippen LogP contribution in [0.4, 0.5) is 0 Å². The zero-order valence-corrected chi connectivity index (χ0v) is 13.2. The minimum atomic E-state index is 0.203. The highest BCUT2D eigenvalue weighted by molar-refractivity contribution is 9.10. The van der Waals surface area contributed by atoms with Crippen LogP contribution in [0.15, 0.2) is 22.7 Å². The second-order valence-corrected chi connectivity index (χ2v) is 6.52. The summed E-state index contributed by atoms with van der Waals surface area (Å²) in [6, 6.07) is 7.16. The van der Waals surface area contributed by atoms with E-state index in [-0.39, 0.29) is 6.04 Å². The Morgan fingerprint density at radius 1 is 1.44 bits per heavy atom. The Kier molecular flexibility index (Phi) is 4.70. The molecule has 18 heavy (non-hydrogen) atoms. The molecule has 2 unspecified atom stereocenters. The number of rotatable bonds is 2. The molecule has 1 heterocycles. The summed E-state index contributed by atoms with van der Waals surface area (Å²) in [5, 5.41) is 0.749. The lowest BCUT2D eigenvalue weighted by molar-refractivity contribution is 0.0947. The van der Waals surface area contributed by atoms with Crippen LogP contribution >= 0.6 is 27.5 Å². The number of hydrogen-bond acceptors (Lipinski definition) is 2. The fraction of sp³-hybridized carbons (Fsp3) is 0.571. The fourth-order valence-corrected chi connectivity index (χ4v) is 3.28. The van der Waals surface area contributed by atoms with Crippen LogP contribution in [0.2, 0.25) is 5.02 Å². The van der Waals surface area contributed by atoms with E-state index >= 15 is 0 Å². The van der Waals surface area contributed by atoms with Gasteiger partial charge in [0, 0.05) is 16.6 Å².